The number of anilines is 1. The van der Waals surface area contributed by atoms with E-state index in [1.54, 1.807) is 30.3 Å². The third-order valence-corrected chi connectivity index (χ3v) is 2.20. The van der Waals surface area contributed by atoms with Crippen LogP contribution in [0.3, 0.4) is 0 Å². The van der Waals surface area contributed by atoms with E-state index in [9.17, 15) is 9.59 Å². The van der Waals surface area contributed by atoms with Crippen LogP contribution in [0.2, 0.25) is 0 Å². The van der Waals surface area contributed by atoms with Gasteiger partial charge in [0.1, 0.15) is 6.61 Å². The first kappa shape index (κ1) is 14.0. The van der Waals surface area contributed by atoms with Gasteiger partial charge in [0.15, 0.2) is 0 Å². The lowest BCUT2D eigenvalue weighted by molar-refractivity contribution is -0.141. The summed E-state index contributed by atoms with van der Waals surface area (Å²) in [6.07, 6.45) is 3.84. The maximum absolute atomic E-state index is 11.4. The zero-order chi connectivity index (χ0) is 13.4. The molecule has 0 aliphatic rings. The summed E-state index contributed by atoms with van der Waals surface area (Å²) in [6, 6.07) is 7.11. The molecule has 18 heavy (non-hydrogen) atoms. The molecule has 0 saturated heterocycles. The molecule has 0 fully saturated rings. The fourth-order valence-corrected chi connectivity index (χ4v) is 1.36. The van der Waals surface area contributed by atoms with Crippen molar-refractivity contribution in [2.45, 2.75) is 20.3 Å². The van der Waals surface area contributed by atoms with Crippen LogP contribution in [0, 0.1) is 0 Å². The number of benzene rings is 1. The highest BCUT2D eigenvalue weighted by Gasteiger charge is 2.04. The molecule has 0 heterocycles. The Kier molecular flexibility index (Phi) is 5.64. The minimum atomic E-state index is -0.264. The summed E-state index contributed by atoms with van der Waals surface area (Å²) in [5.41, 5.74) is 1.57. The maximum Gasteiger partial charge on any atom is 0.310 e. The SMILES string of the molecule is CC=CCOC(=O)Cc1ccc(NC(C)=O)cc1. The van der Waals surface area contributed by atoms with Crippen LogP contribution in [-0.4, -0.2) is 18.5 Å². The number of hydrogen-bond acceptors (Lipinski definition) is 3. The summed E-state index contributed by atoms with van der Waals surface area (Å²) in [7, 11) is 0. The van der Waals surface area contributed by atoms with Crippen molar-refractivity contribution >= 4 is 17.6 Å². The standard InChI is InChI=1S/C14H17NO3/c1-3-4-9-18-14(17)10-12-5-7-13(8-6-12)15-11(2)16/h3-8H,9-10H2,1-2H3,(H,15,16). The monoisotopic (exact) mass is 247 g/mol. The van der Waals surface area contributed by atoms with Gasteiger partial charge in [-0.3, -0.25) is 9.59 Å². The van der Waals surface area contributed by atoms with Crippen molar-refractivity contribution in [1.82, 2.24) is 0 Å². The second-order valence-corrected chi connectivity index (χ2v) is 3.81. The summed E-state index contributed by atoms with van der Waals surface area (Å²) < 4.78 is 4.99. The summed E-state index contributed by atoms with van der Waals surface area (Å²) in [6.45, 7) is 3.63. The number of rotatable bonds is 5. The highest BCUT2D eigenvalue weighted by Crippen LogP contribution is 2.10. The molecule has 0 spiro atoms. The molecule has 0 aromatic heterocycles. The molecule has 0 bridgehead atoms. The molecule has 0 radical (unpaired) electrons. The van der Waals surface area contributed by atoms with E-state index in [2.05, 4.69) is 5.32 Å². The van der Waals surface area contributed by atoms with Gasteiger partial charge in [-0.25, -0.2) is 0 Å². The lowest BCUT2D eigenvalue weighted by Crippen LogP contribution is -2.08. The Morgan fingerprint density at radius 1 is 1.28 bits per heavy atom. The number of carbonyl (C=O) groups is 2. The van der Waals surface area contributed by atoms with Crippen LogP contribution in [0.4, 0.5) is 5.69 Å². The average Bonchev–Trinajstić information content (AvgIpc) is 2.31. The number of amides is 1. The average molecular weight is 247 g/mol. The van der Waals surface area contributed by atoms with E-state index in [-0.39, 0.29) is 18.3 Å². The van der Waals surface area contributed by atoms with Crippen LogP contribution in [0.15, 0.2) is 36.4 Å². The largest absolute Gasteiger partial charge is 0.461 e. The third-order valence-electron chi connectivity index (χ3n) is 2.20. The van der Waals surface area contributed by atoms with Crippen molar-refractivity contribution in [2.75, 3.05) is 11.9 Å². The van der Waals surface area contributed by atoms with E-state index in [0.717, 1.165) is 5.56 Å². The zero-order valence-corrected chi connectivity index (χ0v) is 10.6. The summed E-state index contributed by atoms with van der Waals surface area (Å²) in [5.74, 6) is -0.381. The number of esters is 1. The molecule has 0 atom stereocenters. The number of carbonyl (C=O) groups excluding carboxylic acids is 2. The minimum absolute atomic E-state index is 0.117. The Bertz CT molecular complexity index is 435. The molecular weight excluding hydrogens is 230 g/mol. The Labute approximate surface area is 107 Å². The van der Waals surface area contributed by atoms with Crippen molar-refractivity contribution in [2.24, 2.45) is 0 Å². The second-order valence-electron chi connectivity index (χ2n) is 3.81. The number of hydrogen-bond donors (Lipinski definition) is 1. The van der Waals surface area contributed by atoms with E-state index in [1.807, 2.05) is 13.0 Å². The molecule has 0 unspecified atom stereocenters. The Morgan fingerprint density at radius 3 is 2.50 bits per heavy atom. The number of nitrogens with one attached hydrogen (secondary N) is 1. The van der Waals surface area contributed by atoms with Gasteiger partial charge in [0, 0.05) is 12.6 Å². The van der Waals surface area contributed by atoms with Crippen LogP contribution >= 0.6 is 0 Å². The van der Waals surface area contributed by atoms with Crippen molar-refractivity contribution in [3.63, 3.8) is 0 Å². The highest BCUT2D eigenvalue weighted by molar-refractivity contribution is 5.88. The van der Waals surface area contributed by atoms with Gasteiger partial charge < -0.3 is 10.1 Å². The second kappa shape index (κ2) is 7.27. The van der Waals surface area contributed by atoms with Gasteiger partial charge in [-0.2, -0.15) is 0 Å². The smallest absolute Gasteiger partial charge is 0.310 e. The molecule has 0 aliphatic carbocycles. The normalized spacial score (nSPS) is 10.3. The fraction of sp³-hybridized carbons (Fsp3) is 0.286. The minimum Gasteiger partial charge on any atom is -0.461 e. The van der Waals surface area contributed by atoms with E-state index in [1.165, 1.54) is 6.92 Å². The van der Waals surface area contributed by atoms with Crippen molar-refractivity contribution in [3.8, 4) is 0 Å². The molecule has 1 aromatic rings. The molecule has 96 valence electrons. The zero-order valence-electron chi connectivity index (χ0n) is 10.6. The lowest BCUT2D eigenvalue weighted by atomic mass is 10.1. The Morgan fingerprint density at radius 2 is 1.94 bits per heavy atom. The first-order valence-electron chi connectivity index (χ1n) is 5.75. The van der Waals surface area contributed by atoms with Crippen molar-refractivity contribution < 1.29 is 14.3 Å². The summed E-state index contributed by atoms with van der Waals surface area (Å²) >= 11 is 0. The van der Waals surface area contributed by atoms with E-state index in [0.29, 0.717) is 12.3 Å². The quantitative estimate of drug-likeness (QED) is 0.641. The van der Waals surface area contributed by atoms with Gasteiger partial charge in [0.25, 0.3) is 0 Å². The molecular formula is C14H17NO3. The van der Waals surface area contributed by atoms with E-state index < -0.39 is 0 Å². The van der Waals surface area contributed by atoms with Crippen LogP contribution in [0.5, 0.6) is 0 Å². The maximum atomic E-state index is 11.4. The topological polar surface area (TPSA) is 55.4 Å². The van der Waals surface area contributed by atoms with E-state index >= 15 is 0 Å². The molecule has 4 nitrogen and oxygen atoms in total. The first-order chi connectivity index (χ1) is 8.61. The molecule has 1 amide bonds. The van der Waals surface area contributed by atoms with Gasteiger partial charge in [-0.05, 0) is 24.6 Å². The molecule has 1 N–H and O–H groups in total. The predicted octanol–water partition coefficient (Wildman–Crippen LogP) is 2.31. The predicted molar refractivity (Wildman–Crippen MR) is 70.2 cm³/mol. The number of ether oxygens (including phenoxy) is 1. The van der Waals surface area contributed by atoms with Gasteiger partial charge in [-0.15, -0.1) is 0 Å². The van der Waals surface area contributed by atoms with Crippen LogP contribution in [-0.2, 0) is 20.7 Å². The van der Waals surface area contributed by atoms with Gasteiger partial charge in [-0.1, -0.05) is 24.3 Å². The highest BCUT2D eigenvalue weighted by atomic mass is 16.5. The first-order valence-corrected chi connectivity index (χ1v) is 5.75. The molecule has 4 heteroatoms. The fourth-order valence-electron chi connectivity index (χ4n) is 1.36. The van der Waals surface area contributed by atoms with Crippen molar-refractivity contribution in [3.05, 3.63) is 42.0 Å². The number of allylic oxidation sites excluding steroid dienone is 1. The van der Waals surface area contributed by atoms with Gasteiger partial charge >= 0.3 is 5.97 Å². The molecule has 0 aliphatic heterocycles. The molecule has 0 saturated carbocycles. The van der Waals surface area contributed by atoms with E-state index in [4.69, 9.17) is 4.74 Å². The van der Waals surface area contributed by atoms with Crippen LogP contribution in [0.1, 0.15) is 19.4 Å². The van der Waals surface area contributed by atoms with Crippen molar-refractivity contribution in [1.29, 1.82) is 0 Å². The Hall–Kier alpha value is -2.10. The summed E-state index contributed by atoms with van der Waals surface area (Å²) in [5, 5.41) is 2.66. The molecule has 1 aromatic carbocycles. The Balaban J connectivity index is 2.47. The lowest BCUT2D eigenvalue weighted by Gasteiger charge is -2.04. The van der Waals surface area contributed by atoms with Gasteiger partial charge in [0.2, 0.25) is 5.91 Å². The van der Waals surface area contributed by atoms with Crippen LogP contribution in [0.25, 0.3) is 0 Å². The molecule has 1 rings (SSSR count). The van der Waals surface area contributed by atoms with Gasteiger partial charge in [0.05, 0.1) is 6.42 Å². The summed E-state index contributed by atoms with van der Waals surface area (Å²) in [4.78, 5) is 22.3. The van der Waals surface area contributed by atoms with Crippen LogP contribution < -0.4 is 5.32 Å². The third kappa shape index (κ3) is 5.30.